The lowest BCUT2D eigenvalue weighted by molar-refractivity contribution is 0.102. The number of carbonyl (C=O) groups excluding carboxylic acids is 1. The number of benzene rings is 2. The first-order valence-electron chi connectivity index (χ1n) is 8.47. The Morgan fingerprint density at radius 2 is 1.76 bits per heavy atom. The Morgan fingerprint density at radius 3 is 2.52 bits per heavy atom. The molecule has 0 bridgehead atoms. The van der Waals surface area contributed by atoms with Crippen molar-refractivity contribution >= 4 is 23.2 Å². The number of hydrogen-bond acceptors (Lipinski definition) is 3. The Kier molecular flexibility index (Phi) is 4.45. The molecule has 0 saturated heterocycles. The Balaban J connectivity index is 1.70. The Labute approximate surface area is 151 Å². The first-order valence-corrected chi connectivity index (χ1v) is 9.35. The number of rotatable bonds is 3. The molecule has 0 spiro atoms. The van der Waals surface area contributed by atoms with Crippen molar-refractivity contribution < 1.29 is 9.18 Å². The molecule has 2 aromatic rings. The summed E-state index contributed by atoms with van der Waals surface area (Å²) < 4.78 is 13.2. The standard InChI is InChI=1S/C21H18FNOS/c22-17-11-9-16(10-12-17)20(24)18-8-4-5-13-23-19(14-25-21(18)23)15-6-2-1-3-7-15/h1-3,6-7,9-12,14H,4-5,8,13H2. The fourth-order valence-electron chi connectivity index (χ4n) is 3.30. The predicted octanol–water partition coefficient (Wildman–Crippen LogP) is 5.45. The highest BCUT2D eigenvalue weighted by atomic mass is 32.2. The van der Waals surface area contributed by atoms with E-state index in [4.69, 9.17) is 0 Å². The van der Waals surface area contributed by atoms with E-state index in [2.05, 4.69) is 22.4 Å². The maximum absolute atomic E-state index is 13.2. The number of fused-ring (bicyclic) bond motifs is 1. The van der Waals surface area contributed by atoms with Crippen LogP contribution in [-0.2, 0) is 0 Å². The van der Waals surface area contributed by atoms with Crippen LogP contribution in [0.25, 0.3) is 5.70 Å². The van der Waals surface area contributed by atoms with Gasteiger partial charge in [0.25, 0.3) is 0 Å². The molecule has 0 unspecified atom stereocenters. The summed E-state index contributed by atoms with van der Waals surface area (Å²) in [6.07, 6.45) is 2.81. The highest BCUT2D eigenvalue weighted by Crippen LogP contribution is 2.44. The quantitative estimate of drug-likeness (QED) is 0.686. The minimum Gasteiger partial charge on any atom is -0.335 e. The summed E-state index contributed by atoms with van der Waals surface area (Å²) in [6.45, 7) is 0.920. The average Bonchev–Trinajstić information content (AvgIpc) is 2.95. The van der Waals surface area contributed by atoms with Crippen molar-refractivity contribution in [2.45, 2.75) is 19.3 Å². The average molecular weight is 351 g/mol. The van der Waals surface area contributed by atoms with E-state index < -0.39 is 0 Å². The monoisotopic (exact) mass is 351 g/mol. The van der Waals surface area contributed by atoms with Gasteiger partial charge < -0.3 is 4.90 Å². The highest BCUT2D eigenvalue weighted by molar-refractivity contribution is 8.06. The molecule has 126 valence electrons. The predicted molar refractivity (Wildman–Crippen MR) is 100 cm³/mol. The number of Topliss-reactive ketones (excluding diaryl/α,β-unsaturated/α-hetero) is 1. The molecule has 4 heteroatoms. The lowest BCUT2D eigenvalue weighted by atomic mass is 10.00. The second kappa shape index (κ2) is 6.89. The lowest BCUT2D eigenvalue weighted by Gasteiger charge is -2.23. The molecule has 2 aromatic carbocycles. The zero-order valence-electron chi connectivity index (χ0n) is 13.7. The third-order valence-electron chi connectivity index (χ3n) is 4.58. The third kappa shape index (κ3) is 3.14. The van der Waals surface area contributed by atoms with Crippen LogP contribution in [-0.4, -0.2) is 17.2 Å². The van der Waals surface area contributed by atoms with Crippen molar-refractivity contribution in [3.8, 4) is 0 Å². The van der Waals surface area contributed by atoms with Crippen LogP contribution >= 0.6 is 11.8 Å². The van der Waals surface area contributed by atoms with E-state index in [1.54, 1.807) is 23.9 Å². The first-order chi connectivity index (χ1) is 12.2. The molecule has 4 rings (SSSR count). The summed E-state index contributed by atoms with van der Waals surface area (Å²) in [7, 11) is 0. The normalized spacial score (nSPS) is 17.2. The van der Waals surface area contributed by atoms with Crippen LogP contribution in [0.4, 0.5) is 4.39 Å². The van der Waals surface area contributed by atoms with Crippen LogP contribution in [0.15, 0.2) is 70.6 Å². The van der Waals surface area contributed by atoms with Crippen molar-refractivity contribution in [3.05, 3.63) is 87.6 Å². The van der Waals surface area contributed by atoms with Crippen LogP contribution in [0.1, 0.15) is 35.2 Å². The number of thioether (sulfide) groups is 1. The first kappa shape index (κ1) is 16.2. The number of hydrogen-bond donors (Lipinski definition) is 0. The molecular weight excluding hydrogens is 333 g/mol. The molecule has 0 amide bonds. The number of allylic oxidation sites excluding steroid dienone is 1. The topological polar surface area (TPSA) is 20.3 Å². The van der Waals surface area contributed by atoms with E-state index in [-0.39, 0.29) is 11.6 Å². The van der Waals surface area contributed by atoms with Crippen molar-refractivity contribution in [1.29, 1.82) is 0 Å². The van der Waals surface area contributed by atoms with E-state index in [0.717, 1.165) is 42.1 Å². The van der Waals surface area contributed by atoms with Gasteiger partial charge in [-0.3, -0.25) is 4.79 Å². The number of nitrogens with zero attached hydrogens (tertiary/aromatic N) is 1. The molecular formula is C21H18FNOS. The van der Waals surface area contributed by atoms with E-state index in [1.807, 2.05) is 18.2 Å². The fraction of sp³-hybridized carbons (Fsp3) is 0.190. The van der Waals surface area contributed by atoms with Crippen LogP contribution < -0.4 is 0 Å². The molecule has 0 aliphatic carbocycles. The second-order valence-corrected chi connectivity index (χ2v) is 7.07. The van der Waals surface area contributed by atoms with Crippen molar-refractivity contribution in [1.82, 2.24) is 4.90 Å². The Bertz CT molecular complexity index is 855. The van der Waals surface area contributed by atoms with E-state index in [9.17, 15) is 9.18 Å². The Hall–Kier alpha value is -2.33. The van der Waals surface area contributed by atoms with Crippen LogP contribution in [0, 0.1) is 5.82 Å². The van der Waals surface area contributed by atoms with Crippen molar-refractivity contribution in [2.75, 3.05) is 6.54 Å². The van der Waals surface area contributed by atoms with Gasteiger partial charge >= 0.3 is 0 Å². The molecule has 0 atom stereocenters. The molecule has 0 fully saturated rings. The van der Waals surface area contributed by atoms with Gasteiger partial charge in [-0.05, 0) is 49.1 Å². The summed E-state index contributed by atoms with van der Waals surface area (Å²) >= 11 is 1.63. The van der Waals surface area contributed by atoms with Crippen LogP contribution in [0.2, 0.25) is 0 Å². The molecule has 2 nitrogen and oxygen atoms in total. The van der Waals surface area contributed by atoms with Gasteiger partial charge in [0, 0.05) is 23.1 Å². The number of halogens is 1. The van der Waals surface area contributed by atoms with Gasteiger partial charge in [-0.1, -0.05) is 42.1 Å². The zero-order valence-corrected chi connectivity index (χ0v) is 14.6. The molecule has 25 heavy (non-hydrogen) atoms. The minimum absolute atomic E-state index is 0.0112. The molecule has 0 radical (unpaired) electrons. The van der Waals surface area contributed by atoms with E-state index in [1.165, 1.54) is 17.7 Å². The van der Waals surface area contributed by atoms with Gasteiger partial charge in [0.05, 0.1) is 10.7 Å². The number of ketones is 1. The molecule has 2 aliphatic heterocycles. The van der Waals surface area contributed by atoms with Gasteiger partial charge in [0.1, 0.15) is 5.82 Å². The van der Waals surface area contributed by atoms with Gasteiger partial charge in [-0.2, -0.15) is 0 Å². The highest BCUT2D eigenvalue weighted by Gasteiger charge is 2.30. The number of carbonyl (C=O) groups is 1. The largest absolute Gasteiger partial charge is 0.335 e. The van der Waals surface area contributed by atoms with E-state index >= 15 is 0 Å². The lowest BCUT2D eigenvalue weighted by Crippen LogP contribution is -2.19. The summed E-state index contributed by atoms with van der Waals surface area (Å²) in [6, 6.07) is 16.1. The molecule has 0 aromatic heterocycles. The summed E-state index contributed by atoms with van der Waals surface area (Å²) in [4.78, 5) is 15.3. The van der Waals surface area contributed by atoms with Crippen LogP contribution in [0.3, 0.4) is 0 Å². The summed E-state index contributed by atoms with van der Waals surface area (Å²) in [5, 5.41) is 3.17. The van der Waals surface area contributed by atoms with Gasteiger partial charge in [-0.25, -0.2) is 4.39 Å². The summed E-state index contributed by atoms with van der Waals surface area (Å²) in [5.74, 6) is -0.308. The molecule has 0 saturated carbocycles. The summed E-state index contributed by atoms with van der Waals surface area (Å²) in [5.41, 5.74) is 3.73. The van der Waals surface area contributed by atoms with Crippen molar-refractivity contribution in [2.24, 2.45) is 0 Å². The SMILES string of the molecule is O=C(C1=C2SC=C(c3ccccc3)N2CCCC1)c1ccc(F)cc1. The second-order valence-electron chi connectivity index (χ2n) is 6.22. The zero-order chi connectivity index (χ0) is 17.2. The third-order valence-corrected chi connectivity index (χ3v) is 5.62. The Morgan fingerprint density at radius 1 is 1.00 bits per heavy atom. The van der Waals surface area contributed by atoms with Crippen LogP contribution in [0.5, 0.6) is 0 Å². The maximum atomic E-state index is 13.2. The van der Waals surface area contributed by atoms with E-state index in [0.29, 0.717) is 5.56 Å². The minimum atomic E-state index is -0.319. The van der Waals surface area contributed by atoms with Gasteiger partial charge in [-0.15, -0.1) is 0 Å². The van der Waals surface area contributed by atoms with Crippen molar-refractivity contribution in [3.63, 3.8) is 0 Å². The smallest absolute Gasteiger partial charge is 0.191 e. The van der Waals surface area contributed by atoms with Gasteiger partial charge in [0.15, 0.2) is 5.78 Å². The maximum Gasteiger partial charge on any atom is 0.191 e. The molecule has 0 N–H and O–H groups in total. The van der Waals surface area contributed by atoms with Gasteiger partial charge in [0.2, 0.25) is 0 Å². The fourth-order valence-corrected chi connectivity index (χ4v) is 4.44. The molecule has 2 heterocycles. The molecule has 2 aliphatic rings.